The summed E-state index contributed by atoms with van der Waals surface area (Å²) < 4.78 is 0. The standard InChI is InChI=1S/C19H21NO3/c1-12-8-9-15(10-13(12)2)18(22)16-6-4-5-7-17(16)19(23)20-14(3)11-21/h4-10,14,21H,11H2,1-3H3,(H,20,23). The van der Waals surface area contributed by atoms with Gasteiger partial charge in [0.1, 0.15) is 0 Å². The molecule has 1 atom stereocenters. The number of hydrogen-bond acceptors (Lipinski definition) is 3. The van der Waals surface area contributed by atoms with Gasteiger partial charge in [0, 0.05) is 17.2 Å². The van der Waals surface area contributed by atoms with Gasteiger partial charge in [0.2, 0.25) is 0 Å². The smallest absolute Gasteiger partial charge is 0.252 e. The highest BCUT2D eigenvalue weighted by atomic mass is 16.3. The van der Waals surface area contributed by atoms with E-state index >= 15 is 0 Å². The van der Waals surface area contributed by atoms with Crippen LogP contribution in [0.2, 0.25) is 0 Å². The number of benzene rings is 2. The second-order valence-corrected chi connectivity index (χ2v) is 5.73. The van der Waals surface area contributed by atoms with Crippen molar-refractivity contribution in [3.63, 3.8) is 0 Å². The lowest BCUT2D eigenvalue weighted by molar-refractivity contribution is 0.0913. The first kappa shape index (κ1) is 16.9. The number of aliphatic hydroxyl groups excluding tert-OH is 1. The number of rotatable bonds is 5. The lowest BCUT2D eigenvalue weighted by Gasteiger charge is -2.13. The average Bonchev–Trinajstić information content (AvgIpc) is 2.56. The summed E-state index contributed by atoms with van der Waals surface area (Å²) in [7, 11) is 0. The zero-order valence-electron chi connectivity index (χ0n) is 13.6. The van der Waals surface area contributed by atoms with Crippen molar-refractivity contribution in [1.82, 2.24) is 5.32 Å². The third kappa shape index (κ3) is 3.85. The van der Waals surface area contributed by atoms with Crippen LogP contribution in [0.4, 0.5) is 0 Å². The predicted octanol–water partition coefficient (Wildman–Crippen LogP) is 2.65. The molecule has 0 radical (unpaired) electrons. The monoisotopic (exact) mass is 311 g/mol. The highest BCUT2D eigenvalue weighted by molar-refractivity contribution is 6.15. The Hall–Kier alpha value is -2.46. The van der Waals surface area contributed by atoms with Crippen molar-refractivity contribution in [1.29, 1.82) is 0 Å². The summed E-state index contributed by atoms with van der Waals surface area (Å²) in [6.07, 6.45) is 0. The van der Waals surface area contributed by atoms with E-state index < -0.39 is 0 Å². The van der Waals surface area contributed by atoms with Crippen LogP contribution in [0.5, 0.6) is 0 Å². The predicted molar refractivity (Wildman–Crippen MR) is 89.8 cm³/mol. The summed E-state index contributed by atoms with van der Waals surface area (Å²) in [6.45, 7) is 5.49. The fraction of sp³-hybridized carbons (Fsp3) is 0.263. The fourth-order valence-electron chi connectivity index (χ4n) is 2.26. The van der Waals surface area contributed by atoms with Crippen LogP contribution in [0.3, 0.4) is 0 Å². The molecule has 120 valence electrons. The maximum Gasteiger partial charge on any atom is 0.252 e. The van der Waals surface area contributed by atoms with Gasteiger partial charge in [-0.25, -0.2) is 0 Å². The zero-order chi connectivity index (χ0) is 17.0. The van der Waals surface area contributed by atoms with Crippen molar-refractivity contribution in [3.05, 3.63) is 70.3 Å². The summed E-state index contributed by atoms with van der Waals surface area (Å²) in [5.41, 5.74) is 3.38. The van der Waals surface area contributed by atoms with Crippen molar-refractivity contribution in [2.45, 2.75) is 26.8 Å². The van der Waals surface area contributed by atoms with Crippen LogP contribution in [0, 0.1) is 13.8 Å². The average molecular weight is 311 g/mol. The molecular weight excluding hydrogens is 290 g/mol. The molecule has 1 amide bonds. The Kier molecular flexibility index (Phi) is 5.29. The molecule has 0 spiro atoms. The first-order valence-corrected chi connectivity index (χ1v) is 7.56. The van der Waals surface area contributed by atoms with Gasteiger partial charge < -0.3 is 10.4 Å². The minimum atomic E-state index is -0.368. The quantitative estimate of drug-likeness (QED) is 0.834. The Balaban J connectivity index is 2.37. The number of carbonyl (C=O) groups is 2. The second-order valence-electron chi connectivity index (χ2n) is 5.73. The molecule has 0 aliphatic heterocycles. The Morgan fingerprint density at radius 2 is 1.70 bits per heavy atom. The Morgan fingerprint density at radius 3 is 2.30 bits per heavy atom. The van der Waals surface area contributed by atoms with E-state index in [2.05, 4.69) is 5.32 Å². The maximum absolute atomic E-state index is 12.8. The van der Waals surface area contributed by atoms with Crippen molar-refractivity contribution < 1.29 is 14.7 Å². The van der Waals surface area contributed by atoms with Crippen LogP contribution < -0.4 is 5.32 Å². The van der Waals surface area contributed by atoms with Crippen molar-refractivity contribution in [3.8, 4) is 0 Å². The molecule has 0 saturated heterocycles. The van der Waals surface area contributed by atoms with Gasteiger partial charge in [-0.2, -0.15) is 0 Å². The molecule has 2 aromatic rings. The molecule has 0 saturated carbocycles. The van der Waals surface area contributed by atoms with Gasteiger partial charge in [-0.15, -0.1) is 0 Å². The molecule has 4 heteroatoms. The number of aliphatic hydroxyl groups is 1. The molecular formula is C19H21NO3. The normalized spacial score (nSPS) is 11.8. The van der Waals surface area contributed by atoms with Gasteiger partial charge in [0.25, 0.3) is 5.91 Å². The summed E-state index contributed by atoms with van der Waals surface area (Å²) in [4.78, 5) is 25.1. The minimum absolute atomic E-state index is 0.154. The number of amides is 1. The molecule has 0 bridgehead atoms. The van der Waals surface area contributed by atoms with Crippen molar-refractivity contribution in [2.75, 3.05) is 6.61 Å². The van der Waals surface area contributed by atoms with E-state index in [4.69, 9.17) is 5.11 Å². The summed E-state index contributed by atoms with van der Waals surface area (Å²) in [6, 6.07) is 11.9. The number of hydrogen-bond donors (Lipinski definition) is 2. The minimum Gasteiger partial charge on any atom is -0.394 e. The van der Waals surface area contributed by atoms with E-state index in [1.807, 2.05) is 26.0 Å². The second kappa shape index (κ2) is 7.20. The Bertz CT molecular complexity index is 737. The first-order valence-electron chi connectivity index (χ1n) is 7.56. The molecule has 0 heterocycles. The van der Waals surface area contributed by atoms with Crippen LogP contribution in [-0.4, -0.2) is 29.4 Å². The highest BCUT2D eigenvalue weighted by Crippen LogP contribution is 2.17. The van der Waals surface area contributed by atoms with Gasteiger partial charge in [0.15, 0.2) is 5.78 Å². The number of aryl methyl sites for hydroxylation is 2. The van der Waals surface area contributed by atoms with E-state index in [1.54, 1.807) is 37.3 Å². The van der Waals surface area contributed by atoms with Crippen molar-refractivity contribution in [2.24, 2.45) is 0 Å². The zero-order valence-corrected chi connectivity index (χ0v) is 13.6. The van der Waals surface area contributed by atoms with E-state index in [9.17, 15) is 9.59 Å². The molecule has 4 nitrogen and oxygen atoms in total. The Morgan fingerprint density at radius 1 is 1.04 bits per heavy atom. The highest BCUT2D eigenvalue weighted by Gasteiger charge is 2.19. The number of ketones is 1. The maximum atomic E-state index is 12.8. The molecule has 0 aliphatic carbocycles. The Labute approximate surface area is 136 Å². The van der Waals surface area contributed by atoms with Crippen LogP contribution in [-0.2, 0) is 0 Å². The van der Waals surface area contributed by atoms with Crippen LogP contribution in [0.15, 0.2) is 42.5 Å². The molecule has 2 aromatic carbocycles. The lowest BCUT2D eigenvalue weighted by Crippen LogP contribution is -2.35. The van der Waals surface area contributed by atoms with Gasteiger partial charge in [-0.05, 0) is 44.0 Å². The molecule has 1 unspecified atom stereocenters. The molecule has 0 fully saturated rings. The van der Waals surface area contributed by atoms with Crippen LogP contribution >= 0.6 is 0 Å². The lowest BCUT2D eigenvalue weighted by atomic mass is 9.95. The van der Waals surface area contributed by atoms with E-state index in [-0.39, 0.29) is 24.3 Å². The molecule has 0 aromatic heterocycles. The SMILES string of the molecule is Cc1ccc(C(=O)c2ccccc2C(=O)NC(C)CO)cc1C. The largest absolute Gasteiger partial charge is 0.394 e. The van der Waals surface area contributed by atoms with Gasteiger partial charge in [-0.1, -0.05) is 30.3 Å². The molecule has 2 rings (SSSR count). The summed E-state index contributed by atoms with van der Waals surface area (Å²) >= 11 is 0. The topological polar surface area (TPSA) is 66.4 Å². The first-order chi connectivity index (χ1) is 10.9. The summed E-state index contributed by atoms with van der Waals surface area (Å²) in [5, 5.41) is 11.7. The number of carbonyl (C=O) groups excluding carboxylic acids is 2. The molecule has 2 N–H and O–H groups in total. The van der Waals surface area contributed by atoms with E-state index in [1.165, 1.54) is 0 Å². The molecule has 0 aliphatic rings. The third-order valence-corrected chi connectivity index (χ3v) is 3.84. The van der Waals surface area contributed by atoms with Gasteiger partial charge in [-0.3, -0.25) is 9.59 Å². The summed E-state index contributed by atoms with van der Waals surface area (Å²) in [5.74, 6) is -0.546. The number of nitrogens with one attached hydrogen (secondary N) is 1. The third-order valence-electron chi connectivity index (χ3n) is 3.84. The van der Waals surface area contributed by atoms with E-state index in [0.29, 0.717) is 16.7 Å². The molecule has 23 heavy (non-hydrogen) atoms. The van der Waals surface area contributed by atoms with Crippen molar-refractivity contribution >= 4 is 11.7 Å². The van der Waals surface area contributed by atoms with Gasteiger partial charge >= 0.3 is 0 Å². The van der Waals surface area contributed by atoms with E-state index in [0.717, 1.165) is 11.1 Å². The fourth-order valence-corrected chi connectivity index (χ4v) is 2.26. The van der Waals surface area contributed by atoms with Crippen LogP contribution in [0.1, 0.15) is 44.3 Å². The van der Waals surface area contributed by atoms with Crippen LogP contribution in [0.25, 0.3) is 0 Å². The van der Waals surface area contributed by atoms with Gasteiger partial charge in [0.05, 0.1) is 12.2 Å².